The Hall–Kier alpha value is -1.05. The molecule has 2 N–H and O–H groups in total. The Labute approximate surface area is 85.3 Å². The first-order valence-electron chi connectivity index (χ1n) is 3.90. The molecule has 7 heteroatoms. The third kappa shape index (κ3) is 7.98. The molecule has 0 saturated carbocycles. The van der Waals surface area contributed by atoms with Crippen LogP contribution in [0.4, 0.5) is 13.2 Å². The zero-order valence-electron chi connectivity index (χ0n) is 7.90. The lowest BCUT2D eigenvalue weighted by atomic mass is 9.81. The summed E-state index contributed by atoms with van der Waals surface area (Å²) in [6.07, 6.45) is -4.46. The molecular weight excluding hydrogens is 212 g/mol. The second-order valence-corrected chi connectivity index (χ2v) is 2.43. The molecule has 0 aromatic heterocycles. The Morgan fingerprint density at radius 2 is 1.53 bits per heavy atom. The molecule has 0 atom stereocenters. The molecule has 0 spiro atoms. The van der Waals surface area contributed by atoms with Crippen LogP contribution in [0.15, 0.2) is 30.3 Å². The number of halogens is 3. The molecule has 0 aliphatic heterocycles. The molecule has 3 nitrogen and oxygen atoms in total. The summed E-state index contributed by atoms with van der Waals surface area (Å²) in [4.78, 5) is 0. The van der Waals surface area contributed by atoms with Gasteiger partial charge in [0.25, 0.3) is 0 Å². The number of ether oxygens (including phenoxy) is 1. The van der Waals surface area contributed by atoms with Gasteiger partial charge in [0.1, 0.15) is 0 Å². The van der Waals surface area contributed by atoms with Gasteiger partial charge in [-0.1, -0.05) is 30.3 Å². The van der Waals surface area contributed by atoms with Crippen molar-refractivity contribution in [2.24, 2.45) is 0 Å². The topological polar surface area (TPSA) is 49.7 Å². The summed E-state index contributed by atoms with van der Waals surface area (Å²) in [5, 5.41) is 17.2. The van der Waals surface area contributed by atoms with E-state index in [4.69, 9.17) is 10.0 Å². The fraction of sp³-hybridized carbons (Fsp3) is 0.250. The predicted molar refractivity (Wildman–Crippen MR) is 49.3 cm³/mol. The van der Waals surface area contributed by atoms with E-state index in [-0.39, 0.29) is 0 Å². The van der Waals surface area contributed by atoms with Crippen molar-refractivity contribution in [3.63, 3.8) is 0 Å². The van der Waals surface area contributed by atoms with E-state index in [2.05, 4.69) is 4.74 Å². The Bertz CT molecular complexity index is 264. The molecule has 0 unspecified atom stereocenters. The quantitative estimate of drug-likeness (QED) is 0.681. The van der Waals surface area contributed by atoms with Gasteiger partial charge in [-0.3, -0.25) is 4.74 Å². The number of methoxy groups -OCH3 is 1. The van der Waals surface area contributed by atoms with E-state index in [1.165, 1.54) is 0 Å². The van der Waals surface area contributed by atoms with Crippen LogP contribution < -0.4 is 5.46 Å². The highest BCUT2D eigenvalue weighted by Crippen LogP contribution is 2.13. The molecule has 1 aromatic carbocycles. The lowest BCUT2D eigenvalue weighted by Gasteiger charge is -1.97. The summed E-state index contributed by atoms with van der Waals surface area (Å²) in [7, 11) is -0.758. The highest BCUT2D eigenvalue weighted by Gasteiger charge is 2.25. The van der Waals surface area contributed by atoms with E-state index in [0.717, 1.165) is 0 Å². The second kappa shape index (κ2) is 6.44. The molecule has 0 aliphatic rings. The van der Waals surface area contributed by atoms with Crippen molar-refractivity contribution in [1.29, 1.82) is 0 Å². The standard InChI is InChI=1S/C6H7BO2.C2H3F3O/c8-7(9)6-4-2-1-3-5-6;1-6-2(3,4)5/h1-5,8-9H;1H3. The highest BCUT2D eigenvalue weighted by molar-refractivity contribution is 6.58. The monoisotopic (exact) mass is 222 g/mol. The van der Waals surface area contributed by atoms with Gasteiger partial charge < -0.3 is 10.0 Å². The fourth-order valence-electron chi connectivity index (χ4n) is 0.625. The van der Waals surface area contributed by atoms with E-state index < -0.39 is 13.5 Å². The highest BCUT2D eigenvalue weighted by atomic mass is 19.4. The fourth-order valence-corrected chi connectivity index (χ4v) is 0.625. The molecule has 15 heavy (non-hydrogen) atoms. The van der Waals surface area contributed by atoms with Crippen molar-refractivity contribution in [1.82, 2.24) is 0 Å². The number of benzene rings is 1. The molecular formula is C8H10BF3O3. The van der Waals surface area contributed by atoms with E-state index in [0.29, 0.717) is 12.6 Å². The van der Waals surface area contributed by atoms with Crippen LogP contribution in [0.1, 0.15) is 0 Å². The first-order chi connectivity index (χ1) is 6.87. The van der Waals surface area contributed by atoms with Crippen LogP contribution in [0.5, 0.6) is 0 Å². The van der Waals surface area contributed by atoms with E-state index >= 15 is 0 Å². The van der Waals surface area contributed by atoms with Gasteiger partial charge in [-0.25, -0.2) is 0 Å². The van der Waals surface area contributed by atoms with Gasteiger partial charge in [-0.2, -0.15) is 0 Å². The van der Waals surface area contributed by atoms with Gasteiger partial charge in [-0.05, 0) is 5.46 Å². The Morgan fingerprint density at radius 3 is 1.73 bits per heavy atom. The summed E-state index contributed by atoms with van der Waals surface area (Å²) in [6.45, 7) is 0. The Morgan fingerprint density at radius 1 is 1.13 bits per heavy atom. The number of hydrogen-bond donors (Lipinski definition) is 2. The normalized spacial score (nSPS) is 10.3. The van der Waals surface area contributed by atoms with Crippen LogP contribution in [0.2, 0.25) is 0 Å². The summed E-state index contributed by atoms with van der Waals surface area (Å²) in [6, 6.07) is 8.66. The summed E-state index contributed by atoms with van der Waals surface area (Å²) < 4.78 is 34.6. The van der Waals surface area contributed by atoms with Crippen molar-refractivity contribution in [2.75, 3.05) is 7.11 Å². The predicted octanol–water partition coefficient (Wildman–Crippen LogP) is 0.519. The molecule has 1 aromatic rings. The molecule has 0 saturated heterocycles. The smallest absolute Gasteiger partial charge is 0.423 e. The minimum Gasteiger partial charge on any atom is -0.423 e. The van der Waals surface area contributed by atoms with Crippen molar-refractivity contribution in [2.45, 2.75) is 6.36 Å². The zero-order valence-corrected chi connectivity index (χ0v) is 7.90. The van der Waals surface area contributed by atoms with Crippen LogP contribution in [0.3, 0.4) is 0 Å². The van der Waals surface area contributed by atoms with E-state index in [1.54, 1.807) is 24.3 Å². The van der Waals surface area contributed by atoms with Crippen LogP contribution in [0, 0.1) is 0 Å². The molecule has 0 amide bonds. The van der Waals surface area contributed by atoms with E-state index in [9.17, 15) is 13.2 Å². The first kappa shape index (κ1) is 14.0. The van der Waals surface area contributed by atoms with Crippen LogP contribution in [0.25, 0.3) is 0 Å². The zero-order chi connectivity index (χ0) is 11.9. The Balaban J connectivity index is 0.000000288. The van der Waals surface area contributed by atoms with Gasteiger partial charge in [0.05, 0.1) is 0 Å². The lowest BCUT2D eigenvalue weighted by molar-refractivity contribution is -0.311. The van der Waals surface area contributed by atoms with Gasteiger partial charge in [0, 0.05) is 7.11 Å². The largest absolute Gasteiger partial charge is 0.522 e. The summed E-state index contributed by atoms with van der Waals surface area (Å²) in [5.41, 5.74) is 0.525. The molecule has 0 bridgehead atoms. The molecule has 0 aliphatic carbocycles. The number of hydrogen-bond acceptors (Lipinski definition) is 3. The van der Waals surface area contributed by atoms with E-state index in [1.807, 2.05) is 6.07 Å². The maximum atomic E-state index is 10.6. The minimum absolute atomic E-state index is 0.525. The first-order valence-corrected chi connectivity index (χ1v) is 3.90. The number of rotatable bonds is 1. The van der Waals surface area contributed by atoms with Gasteiger partial charge in [0.2, 0.25) is 0 Å². The SMILES string of the molecule is COC(F)(F)F.OB(O)c1ccccc1. The van der Waals surface area contributed by atoms with Crippen LogP contribution in [-0.4, -0.2) is 30.6 Å². The van der Waals surface area contributed by atoms with Crippen LogP contribution >= 0.6 is 0 Å². The van der Waals surface area contributed by atoms with Crippen molar-refractivity contribution in [3.8, 4) is 0 Å². The third-order valence-electron chi connectivity index (χ3n) is 1.33. The molecule has 84 valence electrons. The summed E-state index contributed by atoms with van der Waals surface area (Å²) >= 11 is 0. The Kier molecular flexibility index (Phi) is 5.99. The average Bonchev–Trinajstić information content (AvgIpc) is 2.19. The van der Waals surface area contributed by atoms with Gasteiger partial charge in [0.15, 0.2) is 0 Å². The number of alkyl halides is 3. The van der Waals surface area contributed by atoms with Gasteiger partial charge in [-0.15, -0.1) is 13.2 Å². The maximum Gasteiger partial charge on any atom is 0.522 e. The molecule has 1 rings (SSSR count). The maximum absolute atomic E-state index is 10.6. The van der Waals surface area contributed by atoms with Gasteiger partial charge >= 0.3 is 13.5 Å². The minimum atomic E-state index is -4.46. The third-order valence-corrected chi connectivity index (χ3v) is 1.33. The van der Waals surface area contributed by atoms with Crippen molar-refractivity contribution < 1.29 is 28.0 Å². The molecule has 0 radical (unpaired) electrons. The molecule has 0 fully saturated rings. The average molecular weight is 222 g/mol. The van der Waals surface area contributed by atoms with Crippen molar-refractivity contribution >= 4 is 12.6 Å². The van der Waals surface area contributed by atoms with Crippen LogP contribution in [-0.2, 0) is 4.74 Å². The van der Waals surface area contributed by atoms with Crippen molar-refractivity contribution in [3.05, 3.63) is 30.3 Å². The lowest BCUT2D eigenvalue weighted by Crippen LogP contribution is -2.29. The summed E-state index contributed by atoms with van der Waals surface area (Å²) in [5.74, 6) is 0. The molecule has 0 heterocycles. The second-order valence-electron chi connectivity index (χ2n) is 2.43.